The van der Waals surface area contributed by atoms with Gasteiger partial charge in [0.05, 0.1) is 13.2 Å². The average molecular weight is 399 g/mol. The van der Waals surface area contributed by atoms with Crippen LogP contribution in [0.1, 0.15) is 2.85 Å². The molecule has 2 heterocycles. The van der Waals surface area contributed by atoms with Crippen molar-refractivity contribution in [2.24, 2.45) is 0 Å². The van der Waals surface area contributed by atoms with E-state index in [9.17, 15) is 35.7 Å². The minimum absolute atomic E-state index is 0. The van der Waals surface area contributed by atoms with E-state index in [0.29, 0.717) is 0 Å². The Bertz CT molecular complexity index is 400. The standard InChI is InChI=1S/C12H22O11.Al.Mg.5H/c13-1-3-5(15)6(16)9(19)12(22-3)23-10-4(2-14)21-11(20)8(18)7(10)17;;;;;;;/h3-20H,1-2H2;;;;;;;/q;;+2;;;;2*-1. The number of rotatable bonds is 4. The van der Waals surface area contributed by atoms with Crippen molar-refractivity contribution in [2.75, 3.05) is 13.2 Å². The van der Waals surface area contributed by atoms with Crippen molar-refractivity contribution in [3.05, 3.63) is 0 Å². The van der Waals surface area contributed by atoms with E-state index in [1.54, 1.807) is 0 Å². The predicted octanol–water partition coefficient (Wildman–Crippen LogP) is -6.74. The van der Waals surface area contributed by atoms with Crippen LogP contribution < -0.4 is 0 Å². The van der Waals surface area contributed by atoms with Crippen molar-refractivity contribution in [3.8, 4) is 0 Å². The Kier molecular flexibility index (Phi) is 11.4. The van der Waals surface area contributed by atoms with Crippen molar-refractivity contribution < 1.29 is 57.9 Å². The average Bonchev–Trinajstić information content (AvgIpc) is 2.55. The summed E-state index contributed by atoms with van der Waals surface area (Å²) in [7, 11) is 0. The Morgan fingerprint density at radius 1 is 0.720 bits per heavy atom. The SMILES string of the molecule is OCC1OC(OC2C(CO)OC(O)C(O)C2O)C(O)C(O)C1O.[AlH3].[H-].[H-].[Mg+2]. The summed E-state index contributed by atoms with van der Waals surface area (Å²) >= 11 is 0. The van der Waals surface area contributed by atoms with E-state index in [1.807, 2.05) is 0 Å². The molecule has 0 spiro atoms. The number of hydrogen-bond donors (Lipinski definition) is 8. The Morgan fingerprint density at radius 2 is 1.28 bits per heavy atom. The molecule has 2 saturated heterocycles. The molecule has 0 bridgehead atoms. The van der Waals surface area contributed by atoms with E-state index in [4.69, 9.17) is 19.3 Å². The van der Waals surface area contributed by atoms with E-state index < -0.39 is 74.6 Å². The van der Waals surface area contributed by atoms with E-state index in [1.165, 1.54) is 0 Å². The van der Waals surface area contributed by atoms with Crippen molar-refractivity contribution in [2.45, 2.75) is 61.4 Å². The molecule has 0 amide bonds. The molecular weight excluding hydrogens is 371 g/mol. The van der Waals surface area contributed by atoms with Crippen LogP contribution in [0.15, 0.2) is 0 Å². The molecule has 0 aromatic carbocycles. The summed E-state index contributed by atoms with van der Waals surface area (Å²) in [6, 6.07) is 0. The summed E-state index contributed by atoms with van der Waals surface area (Å²) in [6.07, 6.45) is -15.6. The molecule has 0 aromatic heterocycles. The normalized spacial score (nSPS) is 47.5. The maximum Gasteiger partial charge on any atom is 2.00 e. The molecule has 25 heavy (non-hydrogen) atoms. The Hall–Kier alpha value is 0.859. The van der Waals surface area contributed by atoms with Gasteiger partial charge in [-0.3, -0.25) is 0 Å². The van der Waals surface area contributed by atoms with Gasteiger partial charge < -0.3 is 57.9 Å². The monoisotopic (exact) mass is 398 g/mol. The van der Waals surface area contributed by atoms with Crippen LogP contribution in [-0.4, -0.2) is 156 Å². The van der Waals surface area contributed by atoms with E-state index >= 15 is 0 Å². The maximum atomic E-state index is 9.94. The first-order valence-corrected chi connectivity index (χ1v) is 7.08. The predicted molar refractivity (Wildman–Crippen MR) is 86.5 cm³/mol. The summed E-state index contributed by atoms with van der Waals surface area (Å²) in [5, 5.41) is 76.5. The van der Waals surface area contributed by atoms with Gasteiger partial charge >= 0.3 is 23.1 Å². The zero-order valence-electron chi connectivity index (χ0n) is 14.7. The number of hydrogen-bond acceptors (Lipinski definition) is 11. The summed E-state index contributed by atoms with van der Waals surface area (Å²) in [4.78, 5) is 0. The topological polar surface area (TPSA) is 190 Å². The minimum atomic E-state index is -1.74. The summed E-state index contributed by atoms with van der Waals surface area (Å²) < 4.78 is 15.3. The first-order valence-electron chi connectivity index (χ1n) is 7.08. The third-order valence-electron chi connectivity index (χ3n) is 3.98. The quantitative estimate of drug-likeness (QED) is 0.210. The van der Waals surface area contributed by atoms with Crippen LogP contribution in [0, 0.1) is 0 Å². The molecule has 0 radical (unpaired) electrons. The van der Waals surface area contributed by atoms with Gasteiger partial charge in [-0.2, -0.15) is 0 Å². The second-order valence-corrected chi connectivity index (χ2v) is 5.53. The molecule has 10 unspecified atom stereocenters. The Morgan fingerprint density at radius 3 is 1.80 bits per heavy atom. The second kappa shape index (κ2) is 11.0. The summed E-state index contributed by atoms with van der Waals surface area (Å²) in [5.74, 6) is 0. The third kappa shape index (κ3) is 5.44. The fourth-order valence-electron chi connectivity index (χ4n) is 2.57. The third-order valence-corrected chi connectivity index (χ3v) is 3.98. The van der Waals surface area contributed by atoms with Crippen LogP contribution in [0.5, 0.6) is 0 Å². The molecule has 11 nitrogen and oxygen atoms in total. The van der Waals surface area contributed by atoms with Crippen LogP contribution >= 0.6 is 0 Å². The summed E-state index contributed by atoms with van der Waals surface area (Å²) in [6.45, 7) is -1.35. The molecule has 0 aromatic rings. The smallest absolute Gasteiger partial charge is 1.00 e. The zero-order chi connectivity index (χ0) is 17.3. The molecule has 2 rings (SSSR count). The van der Waals surface area contributed by atoms with Crippen LogP contribution in [0.4, 0.5) is 0 Å². The van der Waals surface area contributed by atoms with Crippen LogP contribution in [0.2, 0.25) is 0 Å². The van der Waals surface area contributed by atoms with Gasteiger partial charge in [0.1, 0.15) is 48.8 Å². The molecule has 2 aliphatic rings. The van der Waals surface area contributed by atoms with Gasteiger partial charge in [-0.05, 0) is 0 Å². The fourth-order valence-corrected chi connectivity index (χ4v) is 2.57. The number of ether oxygens (including phenoxy) is 3. The van der Waals surface area contributed by atoms with Crippen molar-refractivity contribution in [1.29, 1.82) is 0 Å². The first kappa shape index (κ1) is 25.9. The van der Waals surface area contributed by atoms with Crippen LogP contribution in [0.3, 0.4) is 0 Å². The number of aliphatic hydroxyl groups is 8. The number of aliphatic hydroxyl groups excluding tert-OH is 8. The van der Waals surface area contributed by atoms with Crippen molar-refractivity contribution in [3.63, 3.8) is 0 Å². The zero-order valence-corrected chi connectivity index (χ0v) is 14.1. The van der Waals surface area contributed by atoms with E-state index in [0.717, 1.165) is 0 Å². The Labute approximate surface area is 173 Å². The minimum Gasteiger partial charge on any atom is -1.00 e. The largest absolute Gasteiger partial charge is 2.00 e. The van der Waals surface area contributed by atoms with Gasteiger partial charge in [0.2, 0.25) is 0 Å². The molecule has 0 aliphatic carbocycles. The van der Waals surface area contributed by atoms with Gasteiger partial charge in [-0.25, -0.2) is 0 Å². The first-order chi connectivity index (χ1) is 10.8. The molecule has 2 fully saturated rings. The van der Waals surface area contributed by atoms with Crippen molar-refractivity contribution >= 4 is 40.4 Å². The molecule has 13 heteroatoms. The fraction of sp³-hybridized carbons (Fsp3) is 1.00. The van der Waals surface area contributed by atoms with Gasteiger partial charge in [0, 0.05) is 0 Å². The maximum absolute atomic E-state index is 9.94. The molecule has 8 N–H and O–H groups in total. The molecular formula is C12H27AlMgO11. The van der Waals surface area contributed by atoms with Crippen molar-refractivity contribution in [1.82, 2.24) is 0 Å². The second-order valence-electron chi connectivity index (χ2n) is 5.53. The van der Waals surface area contributed by atoms with E-state index in [2.05, 4.69) is 0 Å². The van der Waals surface area contributed by atoms with E-state index in [-0.39, 0.29) is 43.3 Å². The van der Waals surface area contributed by atoms with Crippen LogP contribution in [0.25, 0.3) is 0 Å². The molecule has 0 saturated carbocycles. The summed E-state index contributed by atoms with van der Waals surface area (Å²) in [5.41, 5.74) is 0. The van der Waals surface area contributed by atoms with Gasteiger partial charge in [-0.15, -0.1) is 0 Å². The Balaban J connectivity index is -0.00000144. The van der Waals surface area contributed by atoms with Gasteiger partial charge in [0.25, 0.3) is 0 Å². The molecule has 10 atom stereocenters. The van der Waals surface area contributed by atoms with Crippen LogP contribution in [-0.2, 0) is 14.2 Å². The molecule has 146 valence electrons. The molecule has 2 aliphatic heterocycles. The van der Waals surface area contributed by atoms with Gasteiger partial charge in [-0.1, -0.05) is 0 Å². The van der Waals surface area contributed by atoms with Gasteiger partial charge in [0.15, 0.2) is 29.9 Å².